The molecule has 1 aliphatic rings. The van der Waals surface area contributed by atoms with Crippen LogP contribution >= 0.6 is 0 Å². The van der Waals surface area contributed by atoms with E-state index >= 15 is 0 Å². The largest absolute Gasteiger partial charge is 0.444 e. The van der Waals surface area contributed by atoms with Gasteiger partial charge in [-0.15, -0.1) is 0 Å². The van der Waals surface area contributed by atoms with Gasteiger partial charge in [0.1, 0.15) is 0 Å². The molecule has 0 radical (unpaired) electrons. The minimum absolute atomic E-state index is 0.0506. The lowest BCUT2D eigenvalue weighted by molar-refractivity contribution is -0.142. The first-order valence-electron chi connectivity index (χ1n) is 6.22. The first kappa shape index (κ1) is 14.0. The first-order chi connectivity index (χ1) is 8.13. The van der Waals surface area contributed by atoms with Crippen molar-refractivity contribution in [1.29, 1.82) is 0 Å². The van der Waals surface area contributed by atoms with Crippen molar-refractivity contribution in [3.05, 3.63) is 0 Å². The van der Waals surface area contributed by atoms with Crippen LogP contribution in [0.5, 0.6) is 0 Å². The minimum atomic E-state index is -0.471. The Morgan fingerprint density at radius 2 is 2.12 bits per heavy atom. The standard InChI is InChI=1S/C12H22N2O3/c1-9(2)7-11(16)14-12(17-8-15)10-3-5-13-6-4-10/h8-10,12-13H,3-7H2,1-2H3,(H,14,16). The fourth-order valence-electron chi connectivity index (χ4n) is 2.06. The highest BCUT2D eigenvalue weighted by Crippen LogP contribution is 2.17. The highest BCUT2D eigenvalue weighted by atomic mass is 16.5. The van der Waals surface area contributed by atoms with Crippen molar-refractivity contribution in [1.82, 2.24) is 10.6 Å². The first-order valence-corrected chi connectivity index (χ1v) is 6.22. The molecule has 0 aromatic heterocycles. The van der Waals surface area contributed by atoms with Gasteiger partial charge in [0.15, 0.2) is 6.23 Å². The third-order valence-electron chi connectivity index (χ3n) is 2.91. The molecule has 1 saturated heterocycles. The monoisotopic (exact) mass is 242 g/mol. The van der Waals surface area contributed by atoms with E-state index in [0.29, 0.717) is 18.8 Å². The molecule has 0 saturated carbocycles. The molecule has 1 aliphatic heterocycles. The second-order valence-electron chi connectivity index (χ2n) is 4.91. The Hall–Kier alpha value is -1.10. The second-order valence-corrected chi connectivity index (χ2v) is 4.91. The quantitative estimate of drug-likeness (QED) is 0.530. The zero-order chi connectivity index (χ0) is 12.7. The lowest BCUT2D eigenvalue weighted by Crippen LogP contribution is -2.46. The smallest absolute Gasteiger partial charge is 0.295 e. The summed E-state index contributed by atoms with van der Waals surface area (Å²) in [7, 11) is 0. The van der Waals surface area contributed by atoms with Crippen molar-refractivity contribution in [2.75, 3.05) is 13.1 Å². The molecule has 0 bridgehead atoms. The van der Waals surface area contributed by atoms with E-state index in [4.69, 9.17) is 4.74 Å². The summed E-state index contributed by atoms with van der Waals surface area (Å²) in [6, 6.07) is 0. The van der Waals surface area contributed by atoms with E-state index in [1.165, 1.54) is 0 Å². The number of hydrogen-bond donors (Lipinski definition) is 2. The molecular weight excluding hydrogens is 220 g/mol. The van der Waals surface area contributed by atoms with Crippen LogP contribution in [-0.4, -0.2) is 31.7 Å². The molecule has 0 aromatic carbocycles. The van der Waals surface area contributed by atoms with E-state index in [2.05, 4.69) is 10.6 Å². The SMILES string of the molecule is CC(C)CC(=O)NC(OC=O)C1CCNCC1. The summed E-state index contributed by atoms with van der Waals surface area (Å²) in [6.45, 7) is 6.20. The van der Waals surface area contributed by atoms with E-state index in [9.17, 15) is 9.59 Å². The summed E-state index contributed by atoms with van der Waals surface area (Å²) in [4.78, 5) is 22.1. The average molecular weight is 242 g/mol. The maximum atomic E-state index is 11.7. The van der Waals surface area contributed by atoms with Crippen LogP contribution in [0.3, 0.4) is 0 Å². The van der Waals surface area contributed by atoms with Gasteiger partial charge in [0.25, 0.3) is 6.47 Å². The number of ether oxygens (including phenoxy) is 1. The predicted octanol–water partition coefficient (Wildman–Crippen LogP) is 0.647. The van der Waals surface area contributed by atoms with Gasteiger partial charge in [-0.05, 0) is 31.8 Å². The lowest BCUT2D eigenvalue weighted by atomic mass is 9.96. The number of carbonyl (C=O) groups excluding carboxylic acids is 2. The van der Waals surface area contributed by atoms with Crippen molar-refractivity contribution in [2.24, 2.45) is 11.8 Å². The lowest BCUT2D eigenvalue weighted by Gasteiger charge is -2.29. The van der Waals surface area contributed by atoms with E-state index in [1.54, 1.807) is 0 Å². The highest BCUT2D eigenvalue weighted by Gasteiger charge is 2.26. The molecule has 17 heavy (non-hydrogen) atoms. The normalized spacial score (nSPS) is 18.8. The molecule has 1 heterocycles. The zero-order valence-corrected chi connectivity index (χ0v) is 10.6. The number of piperidine rings is 1. The van der Waals surface area contributed by atoms with Gasteiger partial charge in [-0.25, -0.2) is 0 Å². The predicted molar refractivity (Wildman–Crippen MR) is 64.1 cm³/mol. The Morgan fingerprint density at radius 3 is 2.65 bits per heavy atom. The summed E-state index contributed by atoms with van der Waals surface area (Å²) < 4.78 is 4.99. The van der Waals surface area contributed by atoms with Crippen molar-refractivity contribution in [3.63, 3.8) is 0 Å². The molecule has 98 valence electrons. The summed E-state index contributed by atoms with van der Waals surface area (Å²) in [6.07, 6.45) is 1.82. The van der Waals surface area contributed by atoms with Crippen LogP contribution in [0.1, 0.15) is 33.1 Å². The summed E-state index contributed by atoms with van der Waals surface area (Å²) in [5.74, 6) is 0.475. The van der Waals surface area contributed by atoms with Crippen molar-refractivity contribution < 1.29 is 14.3 Å². The molecule has 5 nitrogen and oxygen atoms in total. The molecule has 1 rings (SSSR count). The topological polar surface area (TPSA) is 67.4 Å². The number of amides is 1. The molecule has 1 unspecified atom stereocenters. The summed E-state index contributed by atoms with van der Waals surface area (Å²) >= 11 is 0. The molecule has 1 fully saturated rings. The molecule has 1 amide bonds. The van der Waals surface area contributed by atoms with Crippen LogP contribution in [0.15, 0.2) is 0 Å². The van der Waals surface area contributed by atoms with Crippen molar-refractivity contribution >= 4 is 12.4 Å². The van der Waals surface area contributed by atoms with Crippen LogP contribution in [0.25, 0.3) is 0 Å². The van der Waals surface area contributed by atoms with Crippen LogP contribution in [0.2, 0.25) is 0 Å². The fourth-order valence-corrected chi connectivity index (χ4v) is 2.06. The van der Waals surface area contributed by atoms with Crippen molar-refractivity contribution in [2.45, 2.75) is 39.3 Å². The van der Waals surface area contributed by atoms with Gasteiger partial charge in [-0.2, -0.15) is 0 Å². The van der Waals surface area contributed by atoms with Gasteiger partial charge >= 0.3 is 0 Å². The molecule has 0 spiro atoms. The Balaban J connectivity index is 2.46. The number of nitrogens with one attached hydrogen (secondary N) is 2. The van der Waals surface area contributed by atoms with E-state index in [-0.39, 0.29) is 11.8 Å². The maximum absolute atomic E-state index is 11.7. The van der Waals surface area contributed by atoms with Gasteiger partial charge in [0.2, 0.25) is 5.91 Å². The van der Waals surface area contributed by atoms with Gasteiger partial charge in [-0.3, -0.25) is 9.59 Å². The number of rotatable bonds is 6. The zero-order valence-electron chi connectivity index (χ0n) is 10.6. The van der Waals surface area contributed by atoms with E-state index < -0.39 is 6.23 Å². The van der Waals surface area contributed by atoms with E-state index in [0.717, 1.165) is 25.9 Å². The average Bonchev–Trinajstić information content (AvgIpc) is 2.28. The highest BCUT2D eigenvalue weighted by molar-refractivity contribution is 5.76. The fraction of sp³-hybridized carbons (Fsp3) is 0.833. The number of hydrogen-bond acceptors (Lipinski definition) is 4. The molecule has 1 atom stereocenters. The van der Waals surface area contributed by atoms with Gasteiger partial charge < -0.3 is 15.4 Å². The third kappa shape index (κ3) is 5.17. The Bertz CT molecular complexity index is 250. The molecule has 0 aliphatic carbocycles. The van der Waals surface area contributed by atoms with Gasteiger partial charge in [-0.1, -0.05) is 13.8 Å². The van der Waals surface area contributed by atoms with Gasteiger partial charge in [0, 0.05) is 12.3 Å². The Labute approximate surface area is 102 Å². The Kier molecular flexibility index (Phi) is 5.97. The summed E-state index contributed by atoms with van der Waals surface area (Å²) in [5, 5.41) is 6.04. The second kappa shape index (κ2) is 7.27. The van der Waals surface area contributed by atoms with Crippen LogP contribution in [-0.2, 0) is 14.3 Å². The summed E-state index contributed by atoms with van der Waals surface area (Å²) in [5.41, 5.74) is 0. The maximum Gasteiger partial charge on any atom is 0.295 e. The number of carbonyl (C=O) groups is 2. The van der Waals surface area contributed by atoms with Crippen LogP contribution in [0, 0.1) is 11.8 Å². The van der Waals surface area contributed by atoms with E-state index in [1.807, 2.05) is 13.8 Å². The van der Waals surface area contributed by atoms with Crippen LogP contribution < -0.4 is 10.6 Å². The molecule has 5 heteroatoms. The minimum Gasteiger partial charge on any atom is -0.444 e. The third-order valence-corrected chi connectivity index (χ3v) is 2.91. The van der Waals surface area contributed by atoms with Crippen LogP contribution in [0.4, 0.5) is 0 Å². The molecular formula is C12H22N2O3. The molecule has 2 N–H and O–H groups in total. The van der Waals surface area contributed by atoms with Crippen molar-refractivity contribution in [3.8, 4) is 0 Å². The Morgan fingerprint density at radius 1 is 1.47 bits per heavy atom. The molecule has 0 aromatic rings. The van der Waals surface area contributed by atoms with Gasteiger partial charge in [0.05, 0.1) is 0 Å².